The molecule has 1 aliphatic rings. The van der Waals surface area contributed by atoms with Crippen LogP contribution in [0.5, 0.6) is 0 Å². The Morgan fingerprint density at radius 1 is 1.41 bits per heavy atom. The number of nitrogens with one attached hydrogen (secondary N) is 1. The zero-order chi connectivity index (χ0) is 12.3. The van der Waals surface area contributed by atoms with Gasteiger partial charge in [0.1, 0.15) is 0 Å². The molecule has 0 bridgehead atoms. The Morgan fingerprint density at radius 3 is 2.71 bits per heavy atom. The first kappa shape index (κ1) is 12.6. The highest BCUT2D eigenvalue weighted by atomic mass is 15.3. The van der Waals surface area contributed by atoms with E-state index in [1.807, 2.05) is 6.20 Å². The largest absolute Gasteiger partial charge is 0.311 e. The van der Waals surface area contributed by atoms with Crippen molar-refractivity contribution in [1.29, 1.82) is 0 Å². The van der Waals surface area contributed by atoms with Crippen LogP contribution >= 0.6 is 0 Å². The maximum Gasteiger partial charge on any atom is 0.0556 e. The third kappa shape index (κ3) is 2.71. The van der Waals surface area contributed by atoms with Gasteiger partial charge in [0, 0.05) is 12.7 Å². The summed E-state index contributed by atoms with van der Waals surface area (Å²) >= 11 is 0. The Bertz CT molecular complexity index is 337. The molecular weight excluding hydrogens is 210 g/mol. The minimum absolute atomic E-state index is 0.477. The van der Waals surface area contributed by atoms with Gasteiger partial charge < -0.3 is 5.32 Å². The quantitative estimate of drug-likeness (QED) is 0.869. The Morgan fingerprint density at radius 2 is 2.12 bits per heavy atom. The predicted molar refractivity (Wildman–Crippen MR) is 70.8 cm³/mol. The number of aryl methyl sites for hydroxylation is 1. The lowest BCUT2D eigenvalue weighted by Crippen LogP contribution is -2.30. The average molecular weight is 235 g/mol. The molecule has 1 N–H and O–H groups in total. The molecule has 1 atom stereocenters. The average Bonchev–Trinajstić information content (AvgIpc) is 2.81. The summed E-state index contributed by atoms with van der Waals surface area (Å²) in [6.07, 6.45) is 7.38. The number of hydrogen-bond acceptors (Lipinski definition) is 2. The van der Waals surface area contributed by atoms with E-state index in [1.54, 1.807) is 0 Å². The summed E-state index contributed by atoms with van der Waals surface area (Å²) in [6.45, 7) is 5.50. The molecule has 2 rings (SSSR count). The van der Waals surface area contributed by atoms with Gasteiger partial charge in [-0.25, -0.2) is 0 Å². The normalized spacial score (nSPS) is 27.0. The third-order valence-electron chi connectivity index (χ3n) is 4.21. The van der Waals surface area contributed by atoms with Crippen LogP contribution in [0.3, 0.4) is 0 Å². The van der Waals surface area contributed by atoms with Crippen molar-refractivity contribution in [3.63, 3.8) is 0 Å². The minimum Gasteiger partial charge on any atom is -0.311 e. The summed E-state index contributed by atoms with van der Waals surface area (Å²) in [5.74, 6) is 1.69. The monoisotopic (exact) mass is 235 g/mol. The molecule has 0 aromatic carbocycles. The Balaban J connectivity index is 2.10. The van der Waals surface area contributed by atoms with E-state index in [9.17, 15) is 0 Å². The molecule has 3 nitrogen and oxygen atoms in total. The fraction of sp³-hybridized carbons (Fsp3) is 0.786. The van der Waals surface area contributed by atoms with Crippen molar-refractivity contribution in [2.75, 3.05) is 7.05 Å². The van der Waals surface area contributed by atoms with Crippen LogP contribution in [0.1, 0.15) is 51.3 Å². The van der Waals surface area contributed by atoms with Crippen molar-refractivity contribution in [2.24, 2.45) is 11.8 Å². The van der Waals surface area contributed by atoms with E-state index in [4.69, 9.17) is 0 Å². The van der Waals surface area contributed by atoms with Crippen LogP contribution in [0.4, 0.5) is 0 Å². The lowest BCUT2D eigenvalue weighted by Gasteiger charge is -2.32. The molecule has 0 amide bonds. The highest BCUT2D eigenvalue weighted by Gasteiger charge is 2.27. The fourth-order valence-corrected chi connectivity index (χ4v) is 3.12. The molecule has 0 radical (unpaired) electrons. The number of nitrogens with zero attached hydrogens (tertiary/aromatic N) is 2. The van der Waals surface area contributed by atoms with Crippen LogP contribution in [0.25, 0.3) is 0 Å². The maximum atomic E-state index is 4.39. The van der Waals surface area contributed by atoms with E-state index in [0.29, 0.717) is 6.04 Å². The summed E-state index contributed by atoms with van der Waals surface area (Å²) in [5, 5.41) is 7.89. The standard InChI is InChI=1S/C14H25N3/c1-4-17-13(9-10-16-17)14(15-3)12-7-5-11(2)6-8-12/h9-12,14-15H,4-8H2,1-3H3. The number of hydrogen-bond donors (Lipinski definition) is 1. The topological polar surface area (TPSA) is 29.9 Å². The van der Waals surface area contributed by atoms with Gasteiger partial charge >= 0.3 is 0 Å². The Kier molecular flexibility index (Phi) is 4.21. The third-order valence-corrected chi connectivity index (χ3v) is 4.21. The van der Waals surface area contributed by atoms with Crippen molar-refractivity contribution in [2.45, 2.75) is 52.1 Å². The highest BCUT2D eigenvalue weighted by Crippen LogP contribution is 2.36. The number of rotatable bonds is 4. The van der Waals surface area contributed by atoms with Crippen LogP contribution < -0.4 is 5.32 Å². The second kappa shape index (κ2) is 5.67. The Hall–Kier alpha value is -0.830. The van der Waals surface area contributed by atoms with Crippen LogP contribution in [-0.4, -0.2) is 16.8 Å². The highest BCUT2D eigenvalue weighted by molar-refractivity contribution is 5.09. The SMILES string of the molecule is CCn1nccc1C(NC)C1CCC(C)CC1. The van der Waals surface area contributed by atoms with Crippen LogP contribution in [0.15, 0.2) is 12.3 Å². The molecule has 1 heterocycles. The molecule has 1 aromatic rings. The molecule has 1 saturated carbocycles. The first-order chi connectivity index (χ1) is 8.26. The summed E-state index contributed by atoms with van der Waals surface area (Å²) < 4.78 is 2.12. The van der Waals surface area contributed by atoms with E-state index < -0.39 is 0 Å². The smallest absolute Gasteiger partial charge is 0.0556 e. The molecule has 96 valence electrons. The Labute approximate surface area is 105 Å². The molecule has 0 spiro atoms. The molecular formula is C14H25N3. The molecule has 1 unspecified atom stereocenters. The van der Waals surface area contributed by atoms with Gasteiger partial charge in [-0.05, 0) is 44.7 Å². The molecule has 1 fully saturated rings. The van der Waals surface area contributed by atoms with Crippen LogP contribution in [0, 0.1) is 11.8 Å². The predicted octanol–water partition coefficient (Wildman–Crippen LogP) is 2.99. The molecule has 0 saturated heterocycles. The first-order valence-corrected chi connectivity index (χ1v) is 6.95. The van der Waals surface area contributed by atoms with Crippen molar-refractivity contribution in [3.8, 4) is 0 Å². The van der Waals surface area contributed by atoms with Gasteiger partial charge in [0.2, 0.25) is 0 Å². The van der Waals surface area contributed by atoms with Gasteiger partial charge in [0.25, 0.3) is 0 Å². The summed E-state index contributed by atoms with van der Waals surface area (Å²) in [6, 6.07) is 2.65. The maximum absolute atomic E-state index is 4.39. The van der Waals surface area contributed by atoms with Gasteiger partial charge in [-0.15, -0.1) is 0 Å². The molecule has 0 aliphatic heterocycles. The van der Waals surface area contributed by atoms with E-state index in [1.165, 1.54) is 31.4 Å². The molecule has 1 aromatic heterocycles. The van der Waals surface area contributed by atoms with Crippen LogP contribution in [-0.2, 0) is 6.54 Å². The van der Waals surface area contributed by atoms with Gasteiger partial charge in [0.05, 0.1) is 11.7 Å². The van der Waals surface area contributed by atoms with E-state index >= 15 is 0 Å². The summed E-state index contributed by atoms with van der Waals surface area (Å²) in [7, 11) is 2.08. The van der Waals surface area contributed by atoms with Crippen molar-refractivity contribution >= 4 is 0 Å². The van der Waals surface area contributed by atoms with E-state index in [2.05, 4.69) is 42.1 Å². The zero-order valence-corrected chi connectivity index (χ0v) is 11.3. The number of aromatic nitrogens is 2. The fourth-order valence-electron chi connectivity index (χ4n) is 3.12. The first-order valence-electron chi connectivity index (χ1n) is 6.95. The van der Waals surface area contributed by atoms with Crippen LogP contribution in [0.2, 0.25) is 0 Å². The van der Waals surface area contributed by atoms with Gasteiger partial charge in [-0.3, -0.25) is 4.68 Å². The van der Waals surface area contributed by atoms with Gasteiger partial charge in [-0.2, -0.15) is 5.10 Å². The van der Waals surface area contributed by atoms with Gasteiger partial charge in [-0.1, -0.05) is 19.8 Å². The molecule has 17 heavy (non-hydrogen) atoms. The summed E-state index contributed by atoms with van der Waals surface area (Å²) in [4.78, 5) is 0. The van der Waals surface area contributed by atoms with Gasteiger partial charge in [0.15, 0.2) is 0 Å². The van der Waals surface area contributed by atoms with Crippen molar-refractivity contribution in [1.82, 2.24) is 15.1 Å². The van der Waals surface area contributed by atoms with E-state index in [-0.39, 0.29) is 0 Å². The van der Waals surface area contributed by atoms with Crippen molar-refractivity contribution < 1.29 is 0 Å². The molecule has 3 heteroatoms. The lowest BCUT2D eigenvalue weighted by molar-refractivity contribution is 0.231. The van der Waals surface area contributed by atoms with E-state index in [0.717, 1.165) is 18.4 Å². The summed E-state index contributed by atoms with van der Waals surface area (Å²) in [5.41, 5.74) is 1.36. The lowest BCUT2D eigenvalue weighted by atomic mass is 9.78. The second-order valence-electron chi connectivity index (χ2n) is 5.36. The zero-order valence-electron chi connectivity index (χ0n) is 11.3. The minimum atomic E-state index is 0.477. The van der Waals surface area contributed by atoms with Crippen molar-refractivity contribution in [3.05, 3.63) is 18.0 Å². The second-order valence-corrected chi connectivity index (χ2v) is 5.36. The molecule has 1 aliphatic carbocycles.